The molecule has 0 saturated carbocycles. The van der Waals surface area contributed by atoms with Crippen LogP contribution < -0.4 is 11.5 Å². The molecule has 0 spiro atoms. The molecule has 108 valence electrons. The van der Waals surface area contributed by atoms with E-state index in [1.165, 1.54) is 0 Å². The van der Waals surface area contributed by atoms with Crippen molar-refractivity contribution in [2.75, 3.05) is 5.73 Å². The lowest BCUT2D eigenvalue weighted by molar-refractivity contribution is -0.137. The number of nitrogens with zero attached hydrogens (tertiary/aromatic N) is 5. The zero-order chi connectivity index (χ0) is 15.4. The predicted octanol–water partition coefficient (Wildman–Crippen LogP) is 0.372. The van der Waals surface area contributed by atoms with E-state index in [2.05, 4.69) is 20.3 Å². The molecule has 0 aromatic carbocycles. The zero-order valence-electron chi connectivity index (χ0n) is 10.1. The molecular weight excluding hydrogens is 291 g/mol. The third-order valence-electron chi connectivity index (χ3n) is 2.77. The molecule has 4 N–H and O–H groups in total. The van der Waals surface area contributed by atoms with Gasteiger partial charge >= 0.3 is 6.18 Å². The summed E-state index contributed by atoms with van der Waals surface area (Å²) in [4.78, 5) is 18.7. The Morgan fingerprint density at radius 1 is 1.33 bits per heavy atom. The monoisotopic (exact) mass is 297 g/mol. The van der Waals surface area contributed by atoms with Gasteiger partial charge in [-0.1, -0.05) is 5.21 Å². The number of primary amides is 1. The van der Waals surface area contributed by atoms with E-state index in [0.29, 0.717) is 6.20 Å². The zero-order valence-corrected chi connectivity index (χ0v) is 10.1. The lowest BCUT2D eigenvalue weighted by atomic mass is 10.2. The molecule has 3 aromatic heterocycles. The van der Waals surface area contributed by atoms with Crippen molar-refractivity contribution in [2.24, 2.45) is 5.73 Å². The second kappa shape index (κ2) is 4.01. The third-order valence-corrected chi connectivity index (χ3v) is 2.77. The third kappa shape index (κ3) is 1.89. The van der Waals surface area contributed by atoms with Gasteiger partial charge in [-0.3, -0.25) is 9.78 Å². The Labute approximate surface area is 113 Å². The van der Waals surface area contributed by atoms with Crippen molar-refractivity contribution in [1.82, 2.24) is 24.8 Å². The van der Waals surface area contributed by atoms with E-state index < -0.39 is 17.6 Å². The number of amides is 1. The van der Waals surface area contributed by atoms with Gasteiger partial charge in [0, 0.05) is 6.20 Å². The van der Waals surface area contributed by atoms with Crippen molar-refractivity contribution in [2.45, 2.75) is 6.18 Å². The van der Waals surface area contributed by atoms with Gasteiger partial charge in [-0.2, -0.15) is 17.7 Å². The summed E-state index contributed by atoms with van der Waals surface area (Å²) in [6.07, 6.45) is -3.95. The second-order valence-electron chi connectivity index (χ2n) is 4.12. The van der Waals surface area contributed by atoms with E-state index in [1.54, 1.807) is 0 Å². The predicted molar refractivity (Wildman–Crippen MR) is 64.0 cm³/mol. The highest BCUT2D eigenvalue weighted by Crippen LogP contribution is 2.31. The molecule has 3 aromatic rings. The van der Waals surface area contributed by atoms with Crippen LogP contribution in [0.1, 0.15) is 16.1 Å². The van der Waals surface area contributed by atoms with Crippen LogP contribution in [-0.2, 0) is 6.18 Å². The van der Waals surface area contributed by atoms with E-state index in [-0.39, 0.29) is 28.2 Å². The highest BCUT2D eigenvalue weighted by atomic mass is 19.4. The molecule has 0 bridgehead atoms. The maximum absolute atomic E-state index is 12.7. The molecule has 0 aliphatic carbocycles. The number of halogens is 3. The quantitative estimate of drug-likeness (QED) is 0.668. The topological polar surface area (TPSA) is 125 Å². The first kappa shape index (κ1) is 13.0. The lowest BCUT2D eigenvalue weighted by Crippen LogP contribution is -2.13. The maximum Gasteiger partial charge on any atom is 0.417 e. The molecule has 0 radical (unpaired) electrons. The van der Waals surface area contributed by atoms with E-state index in [0.717, 1.165) is 10.6 Å². The number of fused-ring (bicyclic) bond motifs is 3. The van der Waals surface area contributed by atoms with Gasteiger partial charge in [-0.15, -0.1) is 5.10 Å². The van der Waals surface area contributed by atoms with Crippen LogP contribution in [0.2, 0.25) is 0 Å². The smallest absolute Gasteiger partial charge is 0.382 e. The number of hydrogen-bond acceptors (Lipinski definition) is 6. The maximum atomic E-state index is 12.7. The van der Waals surface area contributed by atoms with Gasteiger partial charge in [0.05, 0.1) is 11.1 Å². The van der Waals surface area contributed by atoms with Crippen molar-refractivity contribution >= 4 is 28.4 Å². The van der Waals surface area contributed by atoms with Crippen molar-refractivity contribution in [3.05, 3.63) is 23.5 Å². The Morgan fingerprint density at radius 2 is 2.05 bits per heavy atom. The number of alkyl halides is 3. The summed E-state index contributed by atoms with van der Waals surface area (Å²) < 4.78 is 39.2. The number of nitrogen functional groups attached to an aromatic ring is 1. The first-order valence-corrected chi connectivity index (χ1v) is 5.46. The van der Waals surface area contributed by atoms with E-state index in [4.69, 9.17) is 11.5 Å². The molecule has 3 rings (SSSR count). The van der Waals surface area contributed by atoms with E-state index in [1.807, 2.05) is 0 Å². The number of hydrogen-bond donors (Lipinski definition) is 2. The normalized spacial score (nSPS) is 12.1. The van der Waals surface area contributed by atoms with Crippen LogP contribution in [0.3, 0.4) is 0 Å². The number of carbonyl (C=O) groups excluding carboxylic acids is 1. The fourth-order valence-corrected chi connectivity index (χ4v) is 1.83. The summed E-state index contributed by atoms with van der Waals surface area (Å²) in [5.74, 6) is -1.08. The summed E-state index contributed by atoms with van der Waals surface area (Å²) in [5, 5.41) is 7.06. The highest BCUT2D eigenvalue weighted by Gasteiger charge is 2.32. The Hall–Kier alpha value is -2.98. The minimum Gasteiger partial charge on any atom is -0.382 e. The average molecular weight is 297 g/mol. The Morgan fingerprint density at radius 3 is 2.67 bits per heavy atom. The molecule has 0 aliphatic heterocycles. The first-order chi connectivity index (χ1) is 9.79. The summed E-state index contributed by atoms with van der Waals surface area (Å²) in [5.41, 5.74) is 9.24. The van der Waals surface area contributed by atoms with Gasteiger partial charge < -0.3 is 11.5 Å². The fraction of sp³-hybridized carbons (Fsp3) is 0.100. The van der Waals surface area contributed by atoms with Crippen LogP contribution in [0, 0.1) is 0 Å². The number of nitrogens with two attached hydrogens (primary N) is 2. The van der Waals surface area contributed by atoms with Gasteiger partial charge in [-0.25, -0.2) is 4.98 Å². The van der Waals surface area contributed by atoms with Crippen LogP contribution in [0.5, 0.6) is 0 Å². The van der Waals surface area contributed by atoms with Gasteiger partial charge in [0.2, 0.25) is 0 Å². The fourth-order valence-electron chi connectivity index (χ4n) is 1.83. The standard InChI is InChI=1S/C10H6F3N7O/c11-10(12,13)3-1-4-5(16-2-3)7(14)17-9-6(8(15)21)18-19-20(4)9/h1-2H,(H2,14,17)(H2,15,21). The van der Waals surface area contributed by atoms with E-state index in [9.17, 15) is 18.0 Å². The van der Waals surface area contributed by atoms with Crippen LogP contribution in [0.25, 0.3) is 16.7 Å². The minimum atomic E-state index is -4.58. The molecule has 0 aliphatic rings. The Balaban J connectivity index is 2.44. The van der Waals surface area contributed by atoms with Gasteiger partial charge in [0.1, 0.15) is 5.52 Å². The summed E-state index contributed by atoms with van der Waals surface area (Å²) in [6, 6.07) is 0.798. The van der Waals surface area contributed by atoms with Crippen molar-refractivity contribution in [3.8, 4) is 0 Å². The number of anilines is 1. The van der Waals surface area contributed by atoms with Crippen LogP contribution in [0.15, 0.2) is 12.3 Å². The molecule has 0 saturated heterocycles. The lowest BCUT2D eigenvalue weighted by Gasteiger charge is -2.08. The molecule has 0 unspecified atom stereocenters. The summed E-state index contributed by atoms with van der Waals surface area (Å²) in [7, 11) is 0. The molecule has 21 heavy (non-hydrogen) atoms. The van der Waals surface area contributed by atoms with Gasteiger partial charge in [0.25, 0.3) is 5.91 Å². The van der Waals surface area contributed by atoms with Crippen molar-refractivity contribution in [1.29, 1.82) is 0 Å². The molecule has 0 atom stereocenters. The number of rotatable bonds is 1. The van der Waals surface area contributed by atoms with Crippen LogP contribution in [-0.4, -0.2) is 30.7 Å². The van der Waals surface area contributed by atoms with Crippen LogP contribution >= 0.6 is 0 Å². The average Bonchev–Trinajstić information content (AvgIpc) is 2.81. The number of pyridine rings is 1. The Kier molecular flexibility index (Phi) is 2.48. The SMILES string of the molecule is NC(=O)c1nnn2c1nc(N)c1ncc(C(F)(F)F)cc12. The number of aromatic nitrogens is 5. The van der Waals surface area contributed by atoms with Crippen molar-refractivity contribution < 1.29 is 18.0 Å². The van der Waals surface area contributed by atoms with Gasteiger partial charge in [-0.05, 0) is 6.07 Å². The summed E-state index contributed by atoms with van der Waals surface area (Å²) >= 11 is 0. The minimum absolute atomic E-state index is 0.0106. The van der Waals surface area contributed by atoms with E-state index >= 15 is 0 Å². The highest BCUT2D eigenvalue weighted by molar-refractivity contribution is 5.98. The largest absolute Gasteiger partial charge is 0.417 e. The van der Waals surface area contributed by atoms with Crippen molar-refractivity contribution in [3.63, 3.8) is 0 Å². The first-order valence-electron chi connectivity index (χ1n) is 5.46. The summed E-state index contributed by atoms with van der Waals surface area (Å²) in [6.45, 7) is 0. The second-order valence-corrected chi connectivity index (χ2v) is 4.12. The number of carbonyl (C=O) groups is 1. The molecular formula is C10H6F3N7O. The molecule has 1 amide bonds. The van der Waals surface area contributed by atoms with Crippen LogP contribution in [0.4, 0.5) is 19.0 Å². The Bertz CT molecular complexity index is 886. The van der Waals surface area contributed by atoms with Gasteiger partial charge in [0.15, 0.2) is 17.2 Å². The molecule has 3 heterocycles. The molecule has 11 heteroatoms. The molecule has 8 nitrogen and oxygen atoms in total. The molecule has 0 fully saturated rings.